The van der Waals surface area contributed by atoms with Gasteiger partial charge >= 0.3 is 5.97 Å². The average Bonchev–Trinajstić information content (AvgIpc) is 2.08. The number of carbonyl (C=O) groups is 2. The van der Waals surface area contributed by atoms with Crippen molar-refractivity contribution >= 4 is 11.9 Å². The third kappa shape index (κ3) is 8.15. The first-order valence-corrected chi connectivity index (χ1v) is 3.66. The molecule has 0 rings (SSSR count). The first kappa shape index (κ1) is 11.2. The highest BCUT2D eigenvalue weighted by Gasteiger charge is 1.99. The number of nitrogens with zero attached hydrogens (tertiary/aromatic N) is 3. The van der Waals surface area contributed by atoms with E-state index in [2.05, 4.69) is 15.3 Å². The minimum Gasteiger partial charge on any atom is -0.481 e. The van der Waals surface area contributed by atoms with Gasteiger partial charge in [0, 0.05) is 17.9 Å². The molecule has 1 amide bonds. The highest BCUT2D eigenvalue weighted by atomic mass is 16.4. The Bertz CT molecular complexity index is 234. The maximum atomic E-state index is 10.7. The number of hydrogen-bond acceptors (Lipinski definition) is 3. The molecule has 0 saturated carbocycles. The van der Waals surface area contributed by atoms with E-state index in [1.807, 2.05) is 0 Å². The van der Waals surface area contributed by atoms with Crippen LogP contribution in [0.1, 0.15) is 12.8 Å². The molecule has 0 bridgehead atoms. The lowest BCUT2D eigenvalue weighted by molar-refractivity contribution is -0.137. The Labute approximate surface area is 74.4 Å². The summed E-state index contributed by atoms with van der Waals surface area (Å²) in [4.78, 5) is 23.2. The Morgan fingerprint density at radius 1 is 1.54 bits per heavy atom. The number of azide groups is 1. The van der Waals surface area contributed by atoms with Crippen LogP contribution < -0.4 is 5.32 Å². The topological polar surface area (TPSA) is 115 Å². The molecule has 0 fully saturated rings. The number of carbonyl (C=O) groups excluding carboxylic acids is 1. The standard InChI is InChI=1S/C6H10N4O3/c7-10-9-4-5(11)8-3-1-2-6(12)13/h1-4H2,(H,8,11)(H,12,13). The summed E-state index contributed by atoms with van der Waals surface area (Å²) in [6.07, 6.45) is 0.388. The summed E-state index contributed by atoms with van der Waals surface area (Å²) >= 11 is 0. The zero-order valence-corrected chi connectivity index (χ0v) is 6.93. The van der Waals surface area contributed by atoms with Gasteiger partial charge in [-0.05, 0) is 12.0 Å². The SMILES string of the molecule is [N-]=[N+]=NCC(=O)NCCCC(=O)O. The van der Waals surface area contributed by atoms with Crippen LogP contribution in [-0.2, 0) is 9.59 Å². The van der Waals surface area contributed by atoms with E-state index in [1.54, 1.807) is 0 Å². The Morgan fingerprint density at radius 3 is 2.77 bits per heavy atom. The number of nitrogens with one attached hydrogen (secondary N) is 1. The molecule has 7 heteroatoms. The van der Waals surface area contributed by atoms with Crippen molar-refractivity contribution in [1.29, 1.82) is 0 Å². The fraction of sp³-hybridized carbons (Fsp3) is 0.667. The molecule has 0 aromatic rings. The van der Waals surface area contributed by atoms with Crippen molar-refractivity contribution in [2.24, 2.45) is 5.11 Å². The van der Waals surface area contributed by atoms with Gasteiger partial charge in [-0.15, -0.1) is 0 Å². The molecule has 72 valence electrons. The fourth-order valence-electron chi connectivity index (χ4n) is 0.619. The zero-order valence-electron chi connectivity index (χ0n) is 6.93. The van der Waals surface area contributed by atoms with Gasteiger partial charge in [-0.3, -0.25) is 9.59 Å². The fourth-order valence-corrected chi connectivity index (χ4v) is 0.619. The summed E-state index contributed by atoms with van der Waals surface area (Å²) in [7, 11) is 0. The molecule has 0 radical (unpaired) electrons. The van der Waals surface area contributed by atoms with Crippen molar-refractivity contribution in [2.45, 2.75) is 12.8 Å². The van der Waals surface area contributed by atoms with Gasteiger partial charge in [0.1, 0.15) is 6.54 Å². The minimum atomic E-state index is -0.899. The van der Waals surface area contributed by atoms with E-state index in [4.69, 9.17) is 10.6 Å². The van der Waals surface area contributed by atoms with Crippen LogP contribution in [-0.4, -0.2) is 30.1 Å². The van der Waals surface area contributed by atoms with Gasteiger partial charge in [-0.1, -0.05) is 5.11 Å². The van der Waals surface area contributed by atoms with E-state index in [-0.39, 0.29) is 19.5 Å². The number of rotatable bonds is 6. The second-order valence-corrected chi connectivity index (χ2v) is 2.24. The molecule has 0 aliphatic rings. The lowest BCUT2D eigenvalue weighted by atomic mass is 10.3. The molecule has 0 aromatic heterocycles. The van der Waals surface area contributed by atoms with Crippen molar-refractivity contribution in [3.63, 3.8) is 0 Å². The van der Waals surface area contributed by atoms with E-state index in [1.165, 1.54) is 0 Å². The Hall–Kier alpha value is -1.75. The van der Waals surface area contributed by atoms with Crippen LogP contribution in [0.2, 0.25) is 0 Å². The average molecular weight is 186 g/mol. The molecule has 0 aliphatic carbocycles. The van der Waals surface area contributed by atoms with Gasteiger partial charge in [0.15, 0.2) is 0 Å². The molecule has 0 unspecified atom stereocenters. The van der Waals surface area contributed by atoms with Crippen molar-refractivity contribution in [1.82, 2.24) is 5.32 Å². The molecule has 0 heterocycles. The first-order chi connectivity index (χ1) is 6.16. The number of amides is 1. The third-order valence-electron chi connectivity index (χ3n) is 1.17. The summed E-state index contributed by atoms with van der Waals surface area (Å²) in [5.41, 5.74) is 7.86. The quantitative estimate of drug-likeness (QED) is 0.268. The molecular formula is C6H10N4O3. The van der Waals surface area contributed by atoms with Gasteiger partial charge in [-0.25, -0.2) is 0 Å². The van der Waals surface area contributed by atoms with E-state index in [0.717, 1.165) is 0 Å². The molecule has 0 aliphatic heterocycles. The zero-order chi connectivity index (χ0) is 10.1. The molecule has 0 aromatic carbocycles. The maximum Gasteiger partial charge on any atom is 0.303 e. The van der Waals surface area contributed by atoms with Crippen LogP contribution in [0.4, 0.5) is 0 Å². The molecule has 0 atom stereocenters. The van der Waals surface area contributed by atoms with E-state index >= 15 is 0 Å². The van der Waals surface area contributed by atoms with E-state index in [9.17, 15) is 9.59 Å². The summed E-state index contributed by atoms with van der Waals surface area (Å²) < 4.78 is 0. The predicted octanol–water partition coefficient (Wildman–Crippen LogP) is 0.278. The monoisotopic (exact) mass is 186 g/mol. The summed E-state index contributed by atoms with van der Waals surface area (Å²) in [5, 5.41) is 13.7. The van der Waals surface area contributed by atoms with E-state index < -0.39 is 11.9 Å². The number of carboxylic acids is 1. The van der Waals surface area contributed by atoms with Crippen LogP contribution in [0.15, 0.2) is 5.11 Å². The van der Waals surface area contributed by atoms with Crippen LogP contribution in [0.3, 0.4) is 0 Å². The third-order valence-corrected chi connectivity index (χ3v) is 1.17. The lowest BCUT2D eigenvalue weighted by Crippen LogP contribution is -2.26. The van der Waals surface area contributed by atoms with Gasteiger partial charge in [0.05, 0.1) is 0 Å². The second-order valence-electron chi connectivity index (χ2n) is 2.24. The Balaban J connectivity index is 3.37. The first-order valence-electron chi connectivity index (χ1n) is 3.66. The molecule has 0 saturated heterocycles. The number of hydrogen-bond donors (Lipinski definition) is 2. The Kier molecular flexibility index (Phi) is 6.00. The summed E-state index contributed by atoms with van der Waals surface area (Å²) in [5.74, 6) is -1.30. The van der Waals surface area contributed by atoms with Crippen molar-refractivity contribution in [3.8, 4) is 0 Å². The van der Waals surface area contributed by atoms with Gasteiger partial charge < -0.3 is 10.4 Å². The molecule has 13 heavy (non-hydrogen) atoms. The summed E-state index contributed by atoms with van der Waals surface area (Å²) in [6.45, 7) is 0.0374. The molecule has 2 N–H and O–H groups in total. The van der Waals surface area contributed by atoms with Crippen molar-refractivity contribution in [3.05, 3.63) is 10.4 Å². The second kappa shape index (κ2) is 6.93. The highest BCUT2D eigenvalue weighted by Crippen LogP contribution is 1.85. The van der Waals surface area contributed by atoms with Crippen molar-refractivity contribution < 1.29 is 14.7 Å². The molecular weight excluding hydrogens is 176 g/mol. The van der Waals surface area contributed by atoms with Gasteiger partial charge in [-0.2, -0.15) is 0 Å². The lowest BCUT2D eigenvalue weighted by Gasteiger charge is -2.00. The molecule has 0 spiro atoms. The van der Waals surface area contributed by atoms with Crippen LogP contribution in [0.25, 0.3) is 10.4 Å². The smallest absolute Gasteiger partial charge is 0.303 e. The van der Waals surface area contributed by atoms with Crippen LogP contribution >= 0.6 is 0 Å². The summed E-state index contributed by atoms with van der Waals surface area (Å²) in [6, 6.07) is 0. The maximum absolute atomic E-state index is 10.7. The van der Waals surface area contributed by atoms with Crippen LogP contribution in [0, 0.1) is 0 Å². The van der Waals surface area contributed by atoms with Gasteiger partial charge in [0.2, 0.25) is 5.91 Å². The molecule has 7 nitrogen and oxygen atoms in total. The van der Waals surface area contributed by atoms with Gasteiger partial charge in [0.25, 0.3) is 0 Å². The normalized spacial score (nSPS) is 8.62. The predicted molar refractivity (Wildman–Crippen MR) is 43.9 cm³/mol. The minimum absolute atomic E-state index is 0.0157. The number of carboxylic acid groups (broad SMARTS) is 1. The van der Waals surface area contributed by atoms with Crippen molar-refractivity contribution in [2.75, 3.05) is 13.1 Å². The largest absolute Gasteiger partial charge is 0.481 e. The Morgan fingerprint density at radius 2 is 2.23 bits per heavy atom. The van der Waals surface area contributed by atoms with E-state index in [0.29, 0.717) is 6.42 Å². The number of aliphatic carboxylic acids is 1. The highest BCUT2D eigenvalue weighted by molar-refractivity contribution is 5.78. The van der Waals surface area contributed by atoms with Crippen LogP contribution in [0.5, 0.6) is 0 Å².